The Balaban J connectivity index is 1.66. The van der Waals surface area contributed by atoms with Crippen LogP contribution in [0.1, 0.15) is 62.4 Å². The van der Waals surface area contributed by atoms with Crippen LogP contribution in [0.2, 0.25) is 0 Å². The van der Waals surface area contributed by atoms with Crippen molar-refractivity contribution in [2.24, 2.45) is 5.84 Å². The molecule has 1 unspecified atom stereocenters. The molecule has 4 aromatic rings. The van der Waals surface area contributed by atoms with Crippen molar-refractivity contribution >= 4 is 50.0 Å². The van der Waals surface area contributed by atoms with Gasteiger partial charge in [-0.25, -0.2) is 28.2 Å². The molecule has 2 atom stereocenters. The van der Waals surface area contributed by atoms with Gasteiger partial charge >= 0.3 is 18.2 Å². The molecule has 1 aliphatic rings. The van der Waals surface area contributed by atoms with Crippen molar-refractivity contribution in [2.75, 3.05) is 23.7 Å². The van der Waals surface area contributed by atoms with Crippen LogP contribution >= 0.6 is 0 Å². The predicted molar refractivity (Wildman–Crippen MR) is 186 cm³/mol. The highest BCUT2D eigenvalue weighted by Gasteiger charge is 2.45. The Morgan fingerprint density at radius 2 is 1.74 bits per heavy atom. The molecule has 0 saturated carbocycles. The number of hydrogen-bond acceptors (Lipinski definition) is 10. The number of hydroxylamine groups is 1. The molecule has 282 valence electrons. The molecule has 2 amide bonds. The number of methoxy groups -OCH3 is 1. The SMILES string of the molecule is CCc1ccc(F)c([C@H](C(=O)N2CCCC2c2cc(N(OC(=O)C(F)(F)F)C(=O)OC)ccc2S(=O)(=O)C(C)C)N(N)c2ccc3cnccc3c2)c1. The first-order valence-corrected chi connectivity index (χ1v) is 18.1. The first-order chi connectivity index (χ1) is 25.0. The summed E-state index contributed by atoms with van der Waals surface area (Å²) in [6.07, 6.45) is -2.80. The molecule has 1 aromatic heterocycles. The number of aromatic nitrogens is 1. The fraction of sp³-hybridized carbons (Fsp3) is 0.333. The van der Waals surface area contributed by atoms with Crippen LogP contribution in [0.15, 0.2) is 78.0 Å². The standard InChI is InChI=1S/C36H37F4N5O7S/c1-5-22-8-12-29(37)27(17-22)32(44(41)25-10-9-24-20-42-15-14-23(24)18-25)33(46)43-16-6-7-30(43)28-19-26(11-13-31(28)53(49,50)21(2)3)45(35(48)51-4)52-34(47)36(38,39)40/h8-15,17-21,30,32H,5-7,16,41H2,1-4H3/t30?,32-/m1/s1. The molecule has 0 spiro atoms. The lowest BCUT2D eigenvalue weighted by Crippen LogP contribution is -2.46. The van der Waals surface area contributed by atoms with Gasteiger partial charge < -0.3 is 14.5 Å². The minimum atomic E-state index is -5.50. The minimum absolute atomic E-state index is 0.0444. The summed E-state index contributed by atoms with van der Waals surface area (Å²) in [5.74, 6) is 2.55. The highest BCUT2D eigenvalue weighted by molar-refractivity contribution is 7.92. The lowest BCUT2D eigenvalue weighted by Gasteiger charge is -2.35. The first kappa shape index (κ1) is 38.9. The average molecular weight is 760 g/mol. The van der Waals surface area contributed by atoms with Gasteiger partial charge in [-0.1, -0.05) is 25.1 Å². The van der Waals surface area contributed by atoms with Crippen LogP contribution in [-0.4, -0.2) is 61.4 Å². The Labute approximate surface area is 302 Å². The zero-order chi connectivity index (χ0) is 38.8. The molecule has 17 heteroatoms. The van der Waals surface area contributed by atoms with E-state index in [0.717, 1.165) is 41.1 Å². The van der Waals surface area contributed by atoms with Gasteiger partial charge in [-0.2, -0.15) is 13.2 Å². The molecule has 1 saturated heterocycles. The van der Waals surface area contributed by atoms with Crippen LogP contribution in [0.5, 0.6) is 0 Å². The van der Waals surface area contributed by atoms with Crippen LogP contribution in [0.3, 0.4) is 0 Å². The number of sulfone groups is 1. The highest BCUT2D eigenvalue weighted by atomic mass is 32.2. The summed E-state index contributed by atoms with van der Waals surface area (Å²) < 4.78 is 87.4. The van der Waals surface area contributed by atoms with Gasteiger partial charge in [0.05, 0.1) is 34.7 Å². The molecule has 1 aliphatic heterocycles. The van der Waals surface area contributed by atoms with Crippen molar-refractivity contribution in [1.82, 2.24) is 9.88 Å². The summed E-state index contributed by atoms with van der Waals surface area (Å²) in [6, 6.07) is 11.7. The van der Waals surface area contributed by atoms with E-state index in [2.05, 4.69) is 14.6 Å². The van der Waals surface area contributed by atoms with Crippen molar-refractivity contribution in [3.63, 3.8) is 0 Å². The van der Waals surface area contributed by atoms with E-state index in [9.17, 15) is 36.0 Å². The molecule has 0 radical (unpaired) electrons. The fourth-order valence-electron chi connectivity index (χ4n) is 6.16. The lowest BCUT2D eigenvalue weighted by atomic mass is 9.98. The van der Waals surface area contributed by atoms with Crippen molar-refractivity contribution in [3.05, 3.63) is 95.6 Å². The van der Waals surface area contributed by atoms with Crippen LogP contribution in [0, 0.1) is 5.82 Å². The number of amides is 2. The maximum atomic E-state index is 15.8. The average Bonchev–Trinajstić information content (AvgIpc) is 3.63. The van der Waals surface area contributed by atoms with Crippen LogP contribution < -0.4 is 15.9 Å². The third-order valence-corrected chi connectivity index (χ3v) is 11.2. The van der Waals surface area contributed by atoms with Gasteiger partial charge in [0, 0.05) is 29.9 Å². The number of halogens is 4. The number of carbonyl (C=O) groups excluding carboxylic acids is 3. The van der Waals surface area contributed by atoms with Gasteiger partial charge in [0.15, 0.2) is 15.9 Å². The van der Waals surface area contributed by atoms with Crippen molar-refractivity contribution < 1.29 is 49.9 Å². The second-order valence-corrected chi connectivity index (χ2v) is 15.0. The first-order valence-electron chi connectivity index (χ1n) is 16.5. The number of benzene rings is 3. The Bertz CT molecular complexity index is 2150. The van der Waals surface area contributed by atoms with E-state index >= 15 is 4.39 Å². The van der Waals surface area contributed by atoms with E-state index in [-0.39, 0.29) is 34.1 Å². The number of rotatable bonds is 9. The molecular weight excluding hydrogens is 722 g/mol. The number of aryl methyl sites for hydroxylation is 1. The Hall–Kier alpha value is -5.29. The van der Waals surface area contributed by atoms with E-state index < -0.39 is 62.8 Å². The van der Waals surface area contributed by atoms with E-state index in [0.29, 0.717) is 24.1 Å². The molecular formula is C36H37F4N5O7S. The summed E-state index contributed by atoms with van der Waals surface area (Å²) in [5, 5.41) is 1.61. The number of fused-ring (bicyclic) bond motifs is 1. The van der Waals surface area contributed by atoms with Gasteiger partial charge in [-0.15, -0.1) is 5.06 Å². The summed E-state index contributed by atoms with van der Waals surface area (Å²) in [4.78, 5) is 48.8. The summed E-state index contributed by atoms with van der Waals surface area (Å²) in [6.45, 7) is 4.75. The number of alkyl halides is 3. The zero-order valence-corrected chi connectivity index (χ0v) is 29.9. The van der Waals surface area contributed by atoms with Crippen molar-refractivity contribution in [3.8, 4) is 0 Å². The molecule has 5 rings (SSSR count). The highest BCUT2D eigenvalue weighted by Crippen LogP contribution is 2.42. The smallest absolute Gasteiger partial charge is 0.450 e. The Kier molecular flexibility index (Phi) is 11.3. The fourth-order valence-corrected chi connectivity index (χ4v) is 7.45. The number of nitrogens with zero attached hydrogens (tertiary/aromatic N) is 4. The number of carbonyl (C=O) groups is 3. The van der Waals surface area contributed by atoms with Gasteiger partial charge in [0.25, 0.3) is 5.91 Å². The molecule has 53 heavy (non-hydrogen) atoms. The third kappa shape index (κ3) is 7.90. The molecule has 0 aliphatic carbocycles. The summed E-state index contributed by atoms with van der Waals surface area (Å²) in [5.41, 5.74) is 0.448. The minimum Gasteiger partial charge on any atom is -0.450 e. The maximum Gasteiger partial charge on any atom is 0.493 e. The molecule has 3 aromatic carbocycles. The van der Waals surface area contributed by atoms with E-state index in [1.165, 1.54) is 30.9 Å². The topological polar surface area (TPSA) is 152 Å². The monoisotopic (exact) mass is 759 g/mol. The van der Waals surface area contributed by atoms with Gasteiger partial charge in [0.1, 0.15) is 5.82 Å². The molecule has 0 bridgehead atoms. The van der Waals surface area contributed by atoms with E-state index in [1.54, 1.807) is 42.7 Å². The van der Waals surface area contributed by atoms with Crippen LogP contribution in [0.4, 0.5) is 33.7 Å². The maximum absolute atomic E-state index is 15.8. The van der Waals surface area contributed by atoms with Gasteiger partial charge in [-0.05, 0) is 92.1 Å². The molecule has 2 heterocycles. The number of ether oxygens (including phenoxy) is 1. The second-order valence-electron chi connectivity index (χ2n) is 12.6. The number of anilines is 2. The largest absolute Gasteiger partial charge is 0.493 e. The predicted octanol–water partition coefficient (Wildman–Crippen LogP) is 6.50. The zero-order valence-electron chi connectivity index (χ0n) is 29.1. The Morgan fingerprint density at radius 3 is 2.40 bits per heavy atom. The number of hydrazine groups is 1. The van der Waals surface area contributed by atoms with Gasteiger partial charge in [0.2, 0.25) is 0 Å². The van der Waals surface area contributed by atoms with Crippen LogP contribution in [-0.2, 0) is 35.4 Å². The van der Waals surface area contributed by atoms with E-state index in [4.69, 9.17) is 5.84 Å². The quantitative estimate of drug-likeness (QED) is 0.114. The number of nitrogens with two attached hydrogens (primary N) is 1. The molecule has 1 fully saturated rings. The third-order valence-electron chi connectivity index (χ3n) is 8.99. The van der Waals surface area contributed by atoms with Crippen LogP contribution in [0.25, 0.3) is 10.8 Å². The number of hydrogen-bond donors (Lipinski definition) is 1. The molecule has 12 nitrogen and oxygen atoms in total. The summed E-state index contributed by atoms with van der Waals surface area (Å²) in [7, 11) is -3.30. The van der Waals surface area contributed by atoms with Crippen molar-refractivity contribution in [1.29, 1.82) is 0 Å². The summed E-state index contributed by atoms with van der Waals surface area (Å²) >= 11 is 0. The van der Waals surface area contributed by atoms with Crippen molar-refractivity contribution in [2.45, 2.75) is 68.4 Å². The van der Waals surface area contributed by atoms with E-state index in [1.807, 2.05) is 6.92 Å². The number of likely N-dealkylation sites (tertiary alicyclic amines) is 1. The number of pyridine rings is 1. The molecule has 2 N–H and O–H groups in total. The lowest BCUT2D eigenvalue weighted by molar-refractivity contribution is -0.200. The van der Waals surface area contributed by atoms with Gasteiger partial charge in [-0.3, -0.25) is 14.8 Å². The second kappa shape index (κ2) is 15.4. The Morgan fingerprint density at radius 1 is 1.02 bits per heavy atom. The normalized spacial score (nSPS) is 15.4.